The molecule has 4 aliphatic carbocycles. The van der Waals surface area contributed by atoms with E-state index in [0.29, 0.717) is 30.6 Å². The van der Waals surface area contributed by atoms with Gasteiger partial charge in [-0.2, -0.15) is 0 Å². The Morgan fingerprint density at radius 3 is 1.91 bits per heavy atom. The van der Waals surface area contributed by atoms with E-state index in [9.17, 15) is 46.0 Å². The van der Waals surface area contributed by atoms with Crippen molar-refractivity contribution < 1.29 is 64.9 Å². The molecule has 9 N–H and O–H groups in total. The van der Waals surface area contributed by atoms with Gasteiger partial charge in [0.1, 0.15) is 48.8 Å². The summed E-state index contributed by atoms with van der Waals surface area (Å²) in [5.41, 5.74) is 0.0309. The van der Waals surface area contributed by atoms with Gasteiger partial charge in [-0.3, -0.25) is 0 Å². The first-order chi connectivity index (χ1) is 25.7. The Labute approximate surface area is 327 Å². The number of hydrogen-bond donors (Lipinski definition) is 9. The van der Waals surface area contributed by atoms with Crippen molar-refractivity contribution in [1.29, 1.82) is 0 Å². The average Bonchev–Trinajstić information content (AvgIpc) is 3.50. The van der Waals surface area contributed by atoms with Crippen LogP contribution in [0.1, 0.15) is 113 Å². The van der Waals surface area contributed by atoms with Crippen LogP contribution < -0.4 is 0 Å². The van der Waals surface area contributed by atoms with Gasteiger partial charge in [-0.25, -0.2) is 0 Å². The van der Waals surface area contributed by atoms with Crippen LogP contribution in [0.4, 0.5) is 0 Å². The van der Waals surface area contributed by atoms with Gasteiger partial charge in [-0.1, -0.05) is 46.3 Å². The number of ether oxygens (including phenoxy) is 4. The average molecular weight is 785 g/mol. The van der Waals surface area contributed by atoms with Gasteiger partial charge in [0.05, 0.1) is 31.5 Å². The van der Waals surface area contributed by atoms with Crippen LogP contribution >= 0.6 is 0 Å². The quantitative estimate of drug-likeness (QED) is 0.109. The van der Waals surface area contributed by atoms with Crippen molar-refractivity contribution in [2.24, 2.45) is 45.3 Å². The zero-order valence-electron chi connectivity index (χ0n) is 34.1. The van der Waals surface area contributed by atoms with Gasteiger partial charge in [0.15, 0.2) is 12.6 Å². The molecule has 55 heavy (non-hydrogen) atoms. The van der Waals surface area contributed by atoms with E-state index < -0.39 is 80.2 Å². The smallest absolute Gasteiger partial charge is 0.187 e. The monoisotopic (exact) mass is 784 g/mol. The molecule has 6 rings (SSSR count). The summed E-state index contributed by atoms with van der Waals surface area (Å²) in [7, 11) is 0. The van der Waals surface area contributed by atoms with Crippen molar-refractivity contribution in [3.05, 3.63) is 11.6 Å². The van der Waals surface area contributed by atoms with Crippen molar-refractivity contribution in [2.45, 2.75) is 186 Å². The number of allylic oxidation sites excluding steroid dienone is 1. The predicted molar refractivity (Wildman–Crippen MR) is 201 cm³/mol. The molecule has 19 atom stereocenters. The van der Waals surface area contributed by atoms with E-state index in [2.05, 4.69) is 34.6 Å². The molecule has 6 fully saturated rings. The zero-order valence-corrected chi connectivity index (χ0v) is 34.1. The summed E-state index contributed by atoms with van der Waals surface area (Å²) in [6, 6.07) is 0. The van der Waals surface area contributed by atoms with E-state index in [1.54, 1.807) is 0 Å². The van der Waals surface area contributed by atoms with Gasteiger partial charge in [-0.05, 0) is 123 Å². The van der Waals surface area contributed by atoms with Crippen molar-refractivity contribution in [3.8, 4) is 0 Å². The first-order valence-corrected chi connectivity index (χ1v) is 20.9. The summed E-state index contributed by atoms with van der Waals surface area (Å²) >= 11 is 0. The third-order valence-corrected chi connectivity index (χ3v) is 16.7. The minimum absolute atomic E-state index is 0.0698. The Morgan fingerprint density at radius 2 is 1.29 bits per heavy atom. The molecule has 0 radical (unpaired) electrons. The summed E-state index contributed by atoms with van der Waals surface area (Å²) in [6.45, 7) is 15.1. The van der Waals surface area contributed by atoms with Crippen LogP contribution in [0, 0.1) is 45.3 Å². The highest BCUT2D eigenvalue weighted by molar-refractivity contribution is 5.18. The second-order valence-electron chi connectivity index (χ2n) is 20.0. The Morgan fingerprint density at radius 1 is 0.709 bits per heavy atom. The Balaban J connectivity index is 1.08. The van der Waals surface area contributed by atoms with Gasteiger partial charge in [0, 0.05) is 0 Å². The number of aliphatic hydroxyl groups is 9. The molecular formula is C42H72O13. The number of fused-ring (bicyclic) bond motifs is 5. The van der Waals surface area contributed by atoms with Crippen LogP contribution in [0.3, 0.4) is 0 Å². The SMILES string of the molecule is CC(=CCCC(C)(O)C1CCC2(C)C1CCC1C3(C)CCC(OC4OC(CO)C(O)C(O)C4O)C(C)(C)C3CCC12C)COC1OC(CO)C(O)C(O)C1O. The van der Waals surface area contributed by atoms with Gasteiger partial charge in [0.25, 0.3) is 0 Å². The molecule has 0 bridgehead atoms. The third-order valence-electron chi connectivity index (χ3n) is 16.7. The second kappa shape index (κ2) is 16.0. The minimum Gasteiger partial charge on any atom is -0.394 e. The number of aliphatic hydroxyl groups excluding tert-OH is 8. The fourth-order valence-electron chi connectivity index (χ4n) is 13.3. The maximum atomic E-state index is 12.1. The predicted octanol–water partition coefficient (Wildman–Crippen LogP) is 2.15. The highest BCUT2D eigenvalue weighted by atomic mass is 16.7. The Bertz CT molecular complexity index is 1350. The lowest BCUT2D eigenvalue weighted by Crippen LogP contribution is -2.65. The number of hydrogen-bond acceptors (Lipinski definition) is 13. The van der Waals surface area contributed by atoms with E-state index >= 15 is 0 Å². The highest BCUT2D eigenvalue weighted by Gasteiger charge is 2.69. The zero-order chi connectivity index (χ0) is 40.5. The maximum Gasteiger partial charge on any atom is 0.187 e. The summed E-state index contributed by atoms with van der Waals surface area (Å²) in [5, 5.41) is 93.2. The minimum atomic E-state index is -1.49. The standard InChI is InChI=1S/C42H72O13/c1-22(21-52-36-34(49)32(47)30(45)25(19-43)53-36)9-8-15-42(7,51)24-12-17-40(5)23(24)10-11-28-39(4)16-14-29(38(2,3)27(39)13-18-41(28,40)6)55-37-35(50)33(48)31(46)26(20-44)54-37/h9,23-37,43-51H,8,10-21H2,1-7H3. The Hall–Kier alpha value is -0.780. The lowest BCUT2D eigenvalue weighted by atomic mass is 9.35. The van der Waals surface area contributed by atoms with Gasteiger partial charge in [-0.15, -0.1) is 0 Å². The lowest BCUT2D eigenvalue weighted by Gasteiger charge is -2.70. The molecule has 2 aliphatic heterocycles. The maximum absolute atomic E-state index is 12.1. The van der Waals surface area contributed by atoms with Crippen molar-refractivity contribution in [3.63, 3.8) is 0 Å². The molecule has 2 saturated heterocycles. The van der Waals surface area contributed by atoms with E-state index in [1.807, 2.05) is 19.9 Å². The van der Waals surface area contributed by atoms with E-state index in [-0.39, 0.29) is 40.3 Å². The molecule has 0 spiro atoms. The van der Waals surface area contributed by atoms with Crippen LogP contribution in [-0.2, 0) is 18.9 Å². The largest absolute Gasteiger partial charge is 0.394 e. The normalized spacial score (nSPS) is 51.1. The molecule has 4 saturated carbocycles. The van der Waals surface area contributed by atoms with Crippen LogP contribution in [0.25, 0.3) is 0 Å². The summed E-state index contributed by atoms with van der Waals surface area (Å²) in [5.74, 6) is 1.45. The Kier molecular flexibility index (Phi) is 12.7. The van der Waals surface area contributed by atoms with Gasteiger partial charge < -0.3 is 64.9 Å². The topological polar surface area (TPSA) is 219 Å². The molecule has 6 aliphatic rings. The first-order valence-electron chi connectivity index (χ1n) is 20.9. The van der Waals surface area contributed by atoms with Gasteiger partial charge in [0.2, 0.25) is 0 Å². The third kappa shape index (κ3) is 7.42. The molecule has 318 valence electrons. The molecule has 13 heteroatoms. The van der Waals surface area contributed by atoms with E-state index in [1.165, 1.54) is 0 Å². The molecule has 13 nitrogen and oxygen atoms in total. The van der Waals surface area contributed by atoms with Crippen molar-refractivity contribution in [2.75, 3.05) is 19.8 Å². The first kappa shape index (κ1) is 43.8. The highest BCUT2D eigenvalue weighted by Crippen LogP contribution is 2.76. The van der Waals surface area contributed by atoms with Crippen LogP contribution in [0.2, 0.25) is 0 Å². The summed E-state index contributed by atoms with van der Waals surface area (Å²) in [6.07, 6.45) is -1.83. The summed E-state index contributed by atoms with van der Waals surface area (Å²) in [4.78, 5) is 0. The number of rotatable bonds is 11. The fraction of sp³-hybridized carbons (Fsp3) is 0.952. The van der Waals surface area contributed by atoms with Crippen LogP contribution in [0.15, 0.2) is 11.6 Å². The molecule has 0 aromatic rings. The fourth-order valence-corrected chi connectivity index (χ4v) is 13.3. The molecular weight excluding hydrogens is 712 g/mol. The summed E-state index contributed by atoms with van der Waals surface area (Å²) < 4.78 is 23.4. The lowest BCUT2D eigenvalue weighted by molar-refractivity contribution is -0.331. The molecule has 19 unspecified atom stereocenters. The van der Waals surface area contributed by atoms with Crippen molar-refractivity contribution >= 4 is 0 Å². The molecule has 0 amide bonds. The molecule has 0 aromatic heterocycles. The van der Waals surface area contributed by atoms with E-state index in [0.717, 1.165) is 56.9 Å². The van der Waals surface area contributed by atoms with Crippen LogP contribution in [-0.4, -0.2) is 139 Å². The molecule has 0 aromatic carbocycles. The van der Waals surface area contributed by atoms with Crippen molar-refractivity contribution in [1.82, 2.24) is 0 Å². The van der Waals surface area contributed by atoms with Crippen LogP contribution in [0.5, 0.6) is 0 Å². The van der Waals surface area contributed by atoms with Gasteiger partial charge >= 0.3 is 0 Å². The molecule has 2 heterocycles. The van der Waals surface area contributed by atoms with E-state index in [4.69, 9.17) is 18.9 Å². The second-order valence-corrected chi connectivity index (χ2v) is 20.0.